The van der Waals surface area contributed by atoms with Crippen molar-refractivity contribution < 1.29 is 4.79 Å². The summed E-state index contributed by atoms with van der Waals surface area (Å²) in [6.07, 6.45) is 1.53. The minimum Gasteiger partial charge on any atom is -0.326 e. The number of nitrogens with one attached hydrogen (secondary N) is 2. The average Bonchev–Trinajstić information content (AvgIpc) is 2.30. The van der Waals surface area contributed by atoms with Gasteiger partial charge in [-0.3, -0.25) is 4.79 Å². The maximum Gasteiger partial charge on any atom is 0.225 e. The molecule has 3 nitrogen and oxygen atoms in total. The van der Waals surface area contributed by atoms with Gasteiger partial charge in [-0.05, 0) is 32.0 Å². The number of carbonyl (C=O) groups excluding carboxylic acids is 1. The number of benzene rings is 1. The molecule has 92 valence electrons. The lowest BCUT2D eigenvalue weighted by Crippen LogP contribution is -2.19. The molecular formula is C13H21BN2O. The van der Waals surface area contributed by atoms with Gasteiger partial charge in [-0.2, -0.15) is 0 Å². The molecule has 0 atom stereocenters. The fourth-order valence-corrected chi connectivity index (χ4v) is 1.89. The molecule has 0 fully saturated rings. The van der Waals surface area contributed by atoms with Crippen molar-refractivity contribution in [3.63, 3.8) is 0 Å². The van der Waals surface area contributed by atoms with Gasteiger partial charge in [0.25, 0.3) is 0 Å². The van der Waals surface area contributed by atoms with Crippen LogP contribution in [0.25, 0.3) is 0 Å². The molecular weight excluding hydrogens is 211 g/mol. The first-order valence-corrected chi connectivity index (χ1v) is 6.13. The molecule has 0 aromatic heterocycles. The molecule has 0 heterocycles. The Morgan fingerprint density at radius 3 is 2.35 bits per heavy atom. The molecule has 0 unspecified atom stereocenters. The van der Waals surface area contributed by atoms with Crippen LogP contribution < -0.4 is 10.6 Å². The predicted octanol–water partition coefficient (Wildman–Crippen LogP) is 0.985. The molecule has 2 N–H and O–H groups in total. The fourth-order valence-electron chi connectivity index (χ4n) is 1.89. The standard InChI is InChI=1S/C13H21BN2O/c1-9-6-11(8-14)7-10(2)13(9)16-12(17)4-5-15-3/h6-7,15H,4-5,8,14H2,1-3H3,(H,16,17). The molecule has 1 aromatic rings. The quantitative estimate of drug-likeness (QED) is 0.743. The van der Waals surface area contributed by atoms with Gasteiger partial charge in [-0.15, -0.1) is 0 Å². The second-order valence-electron chi connectivity index (χ2n) is 4.36. The number of carbonyl (C=O) groups is 1. The number of hydrogen-bond donors (Lipinski definition) is 2. The molecule has 0 radical (unpaired) electrons. The summed E-state index contributed by atoms with van der Waals surface area (Å²) in [6.45, 7) is 4.79. The first kappa shape index (κ1) is 13.8. The molecule has 4 heteroatoms. The zero-order valence-electron chi connectivity index (χ0n) is 11.2. The second kappa shape index (κ2) is 6.45. The molecule has 0 aliphatic heterocycles. The second-order valence-corrected chi connectivity index (χ2v) is 4.36. The smallest absolute Gasteiger partial charge is 0.225 e. The van der Waals surface area contributed by atoms with Gasteiger partial charge in [-0.1, -0.05) is 24.0 Å². The van der Waals surface area contributed by atoms with E-state index >= 15 is 0 Å². The van der Waals surface area contributed by atoms with E-state index in [1.165, 1.54) is 5.56 Å². The van der Waals surface area contributed by atoms with E-state index < -0.39 is 0 Å². The van der Waals surface area contributed by atoms with Gasteiger partial charge in [0.05, 0.1) is 0 Å². The van der Waals surface area contributed by atoms with E-state index in [0.29, 0.717) is 13.0 Å². The van der Waals surface area contributed by atoms with Crippen LogP contribution in [0.15, 0.2) is 12.1 Å². The summed E-state index contributed by atoms with van der Waals surface area (Å²) in [5.41, 5.74) is 4.55. The summed E-state index contributed by atoms with van der Waals surface area (Å²) in [5, 5.41) is 5.96. The third kappa shape index (κ3) is 3.89. The van der Waals surface area contributed by atoms with E-state index in [-0.39, 0.29) is 5.91 Å². The summed E-state index contributed by atoms with van der Waals surface area (Å²) < 4.78 is 0. The van der Waals surface area contributed by atoms with Crippen molar-refractivity contribution in [2.24, 2.45) is 0 Å². The van der Waals surface area contributed by atoms with Gasteiger partial charge >= 0.3 is 0 Å². The Balaban J connectivity index is 2.80. The SMILES string of the molecule is BCc1cc(C)c(NC(=O)CCNC)c(C)c1. The molecule has 1 amide bonds. The highest BCUT2D eigenvalue weighted by molar-refractivity contribution is 6.08. The first-order chi connectivity index (χ1) is 8.08. The lowest BCUT2D eigenvalue weighted by Gasteiger charge is -2.13. The van der Waals surface area contributed by atoms with Crippen molar-refractivity contribution >= 4 is 19.4 Å². The third-order valence-corrected chi connectivity index (χ3v) is 2.87. The van der Waals surface area contributed by atoms with Gasteiger partial charge in [0, 0.05) is 18.7 Å². The normalized spacial score (nSPS) is 10.3. The third-order valence-electron chi connectivity index (χ3n) is 2.87. The Morgan fingerprint density at radius 1 is 1.29 bits per heavy atom. The van der Waals surface area contributed by atoms with E-state index in [1.54, 1.807) is 0 Å². The van der Waals surface area contributed by atoms with Crippen LogP contribution >= 0.6 is 0 Å². The van der Waals surface area contributed by atoms with Crippen LogP contribution in [0.5, 0.6) is 0 Å². The van der Waals surface area contributed by atoms with Crippen LogP contribution in [-0.2, 0) is 11.1 Å². The lowest BCUT2D eigenvalue weighted by atomic mass is 9.93. The molecule has 0 bridgehead atoms. The zero-order valence-corrected chi connectivity index (χ0v) is 11.2. The van der Waals surface area contributed by atoms with Gasteiger partial charge < -0.3 is 10.6 Å². The van der Waals surface area contributed by atoms with Crippen molar-refractivity contribution in [1.29, 1.82) is 0 Å². The van der Waals surface area contributed by atoms with E-state index in [1.807, 2.05) is 20.9 Å². The summed E-state index contributed by atoms with van der Waals surface area (Å²) in [5.74, 6) is 0.0646. The van der Waals surface area contributed by atoms with Crippen LogP contribution in [0, 0.1) is 13.8 Å². The molecule has 17 heavy (non-hydrogen) atoms. The summed E-state index contributed by atoms with van der Waals surface area (Å²) in [7, 11) is 3.99. The molecule has 0 saturated carbocycles. The summed E-state index contributed by atoms with van der Waals surface area (Å²) >= 11 is 0. The number of amides is 1. The number of rotatable bonds is 5. The summed E-state index contributed by atoms with van der Waals surface area (Å²) in [6, 6.07) is 4.28. The summed E-state index contributed by atoms with van der Waals surface area (Å²) in [4.78, 5) is 11.7. The molecule has 0 aliphatic rings. The number of aryl methyl sites for hydroxylation is 2. The molecule has 1 rings (SSSR count). The van der Waals surface area contributed by atoms with E-state index in [0.717, 1.165) is 23.1 Å². The predicted molar refractivity (Wildman–Crippen MR) is 75.3 cm³/mol. The van der Waals surface area contributed by atoms with Crippen LogP contribution in [-0.4, -0.2) is 27.3 Å². The number of anilines is 1. The van der Waals surface area contributed by atoms with Gasteiger partial charge in [0.15, 0.2) is 0 Å². The zero-order chi connectivity index (χ0) is 12.8. The highest BCUT2D eigenvalue weighted by Gasteiger charge is 2.08. The Bertz CT molecular complexity index is 381. The van der Waals surface area contributed by atoms with Crippen LogP contribution in [0.1, 0.15) is 23.1 Å². The Kier molecular flexibility index (Phi) is 5.23. The van der Waals surface area contributed by atoms with Gasteiger partial charge in [0.2, 0.25) is 5.91 Å². The lowest BCUT2D eigenvalue weighted by molar-refractivity contribution is -0.116. The first-order valence-electron chi connectivity index (χ1n) is 6.13. The van der Waals surface area contributed by atoms with Crippen molar-refractivity contribution in [2.45, 2.75) is 26.6 Å². The number of hydrogen-bond acceptors (Lipinski definition) is 2. The Labute approximate surface area is 104 Å². The van der Waals surface area contributed by atoms with Crippen molar-refractivity contribution in [1.82, 2.24) is 5.32 Å². The van der Waals surface area contributed by atoms with Gasteiger partial charge in [0.1, 0.15) is 7.85 Å². The van der Waals surface area contributed by atoms with Crippen molar-refractivity contribution in [2.75, 3.05) is 18.9 Å². The largest absolute Gasteiger partial charge is 0.326 e. The van der Waals surface area contributed by atoms with Crippen molar-refractivity contribution in [3.8, 4) is 0 Å². The van der Waals surface area contributed by atoms with Gasteiger partial charge in [-0.25, -0.2) is 0 Å². The molecule has 1 aromatic carbocycles. The maximum atomic E-state index is 11.7. The maximum absolute atomic E-state index is 11.7. The van der Waals surface area contributed by atoms with Crippen molar-refractivity contribution in [3.05, 3.63) is 28.8 Å². The van der Waals surface area contributed by atoms with E-state index in [4.69, 9.17) is 0 Å². The van der Waals surface area contributed by atoms with Crippen LogP contribution in [0.2, 0.25) is 0 Å². The highest BCUT2D eigenvalue weighted by atomic mass is 16.1. The van der Waals surface area contributed by atoms with Crippen LogP contribution in [0.4, 0.5) is 5.69 Å². The van der Waals surface area contributed by atoms with E-state index in [2.05, 4.69) is 30.6 Å². The Hall–Kier alpha value is -1.29. The molecule has 0 saturated heterocycles. The molecule has 0 spiro atoms. The minimum absolute atomic E-state index is 0.0646. The highest BCUT2D eigenvalue weighted by Crippen LogP contribution is 2.22. The average molecular weight is 232 g/mol. The Morgan fingerprint density at radius 2 is 1.88 bits per heavy atom. The minimum atomic E-state index is 0.0646. The molecule has 0 aliphatic carbocycles. The van der Waals surface area contributed by atoms with Crippen LogP contribution in [0.3, 0.4) is 0 Å². The van der Waals surface area contributed by atoms with E-state index in [9.17, 15) is 4.79 Å². The topological polar surface area (TPSA) is 41.1 Å². The fraction of sp³-hybridized carbons (Fsp3) is 0.462. The monoisotopic (exact) mass is 232 g/mol.